The Morgan fingerprint density at radius 2 is 1.92 bits per heavy atom. The third-order valence-corrected chi connectivity index (χ3v) is 2.13. The predicted octanol–water partition coefficient (Wildman–Crippen LogP) is 4.11. The molecule has 0 saturated heterocycles. The quantitative estimate of drug-likeness (QED) is 0.776. The number of halogens is 2. The predicted molar refractivity (Wildman–Crippen MR) is 55.5 cm³/mol. The maximum Gasteiger partial charge on any atom is 0.0439 e. The summed E-state index contributed by atoms with van der Waals surface area (Å²) in [4.78, 5) is 0. The smallest absolute Gasteiger partial charge is 0.0439 e. The summed E-state index contributed by atoms with van der Waals surface area (Å²) in [6, 6.07) is 5.57. The van der Waals surface area contributed by atoms with E-state index in [1.54, 1.807) is 0 Å². The van der Waals surface area contributed by atoms with Crippen molar-refractivity contribution in [3.8, 4) is 0 Å². The van der Waals surface area contributed by atoms with Crippen LogP contribution < -0.4 is 6.15 Å². The van der Waals surface area contributed by atoms with Gasteiger partial charge in [0.05, 0.1) is 0 Å². The minimum Gasteiger partial charge on any atom is -0.344 e. The molecule has 0 spiro atoms. The molecule has 1 nitrogen and oxygen atoms in total. The molecule has 0 aliphatic heterocycles. The summed E-state index contributed by atoms with van der Waals surface area (Å²) in [6.45, 7) is 2.12. The highest BCUT2D eigenvalue weighted by atomic mass is 35.5. The molecule has 12 heavy (non-hydrogen) atoms. The molecule has 0 saturated carbocycles. The third kappa shape index (κ3) is 3.02. The number of rotatable bonds is 2. The lowest BCUT2D eigenvalue weighted by Gasteiger charge is -2.01. The van der Waals surface area contributed by atoms with Gasteiger partial charge in [-0.2, -0.15) is 0 Å². The zero-order valence-electron chi connectivity index (χ0n) is 7.11. The number of benzene rings is 1. The first-order chi connectivity index (χ1) is 5.24. The van der Waals surface area contributed by atoms with Crippen molar-refractivity contribution in [3.63, 3.8) is 0 Å². The van der Waals surface area contributed by atoms with Crippen molar-refractivity contribution in [2.75, 3.05) is 0 Å². The summed E-state index contributed by atoms with van der Waals surface area (Å²) in [7, 11) is 0. The fourth-order valence-corrected chi connectivity index (χ4v) is 1.41. The van der Waals surface area contributed by atoms with Crippen LogP contribution >= 0.6 is 23.2 Å². The summed E-state index contributed by atoms with van der Waals surface area (Å²) in [5.41, 5.74) is 1.14. The molecule has 0 amide bonds. The molecule has 0 unspecified atom stereocenters. The molecule has 0 radical (unpaired) electrons. The lowest BCUT2D eigenvalue weighted by molar-refractivity contribution is 0.922. The van der Waals surface area contributed by atoms with Gasteiger partial charge in [-0.3, -0.25) is 0 Å². The van der Waals surface area contributed by atoms with Crippen LogP contribution in [0.25, 0.3) is 0 Å². The van der Waals surface area contributed by atoms with E-state index in [4.69, 9.17) is 23.2 Å². The second kappa shape index (κ2) is 5.41. The molecule has 0 aliphatic rings. The SMILES string of the molecule is CCCc1cc(Cl)ccc1Cl.N. The third-order valence-electron chi connectivity index (χ3n) is 1.53. The van der Waals surface area contributed by atoms with Crippen molar-refractivity contribution in [3.05, 3.63) is 33.8 Å². The Labute approximate surface area is 83.3 Å². The highest BCUT2D eigenvalue weighted by Gasteiger charge is 1.98. The van der Waals surface area contributed by atoms with Gasteiger partial charge in [0, 0.05) is 10.0 Å². The van der Waals surface area contributed by atoms with Crippen LogP contribution in [-0.2, 0) is 6.42 Å². The largest absolute Gasteiger partial charge is 0.344 e. The zero-order valence-corrected chi connectivity index (χ0v) is 8.62. The Morgan fingerprint density at radius 1 is 1.25 bits per heavy atom. The molecule has 3 N–H and O–H groups in total. The van der Waals surface area contributed by atoms with E-state index in [1.165, 1.54) is 0 Å². The van der Waals surface area contributed by atoms with Crippen molar-refractivity contribution in [1.29, 1.82) is 0 Å². The lowest BCUT2D eigenvalue weighted by Crippen LogP contribution is -1.83. The molecule has 1 rings (SSSR count). The average Bonchev–Trinajstić information content (AvgIpc) is 1.98. The van der Waals surface area contributed by atoms with Gasteiger partial charge in [-0.1, -0.05) is 36.5 Å². The molecule has 0 heterocycles. The minimum atomic E-state index is 0. The summed E-state index contributed by atoms with van der Waals surface area (Å²) in [6.07, 6.45) is 2.10. The summed E-state index contributed by atoms with van der Waals surface area (Å²) < 4.78 is 0. The van der Waals surface area contributed by atoms with Crippen LogP contribution in [-0.4, -0.2) is 0 Å². The van der Waals surface area contributed by atoms with Gasteiger partial charge in [-0.05, 0) is 30.2 Å². The van der Waals surface area contributed by atoms with Crippen LogP contribution in [0.2, 0.25) is 10.0 Å². The van der Waals surface area contributed by atoms with Crippen LogP contribution in [0.5, 0.6) is 0 Å². The van der Waals surface area contributed by atoms with Gasteiger partial charge < -0.3 is 6.15 Å². The average molecular weight is 206 g/mol. The molecule has 0 aliphatic carbocycles. The molecule has 68 valence electrons. The van der Waals surface area contributed by atoms with Crippen LogP contribution in [0, 0.1) is 0 Å². The van der Waals surface area contributed by atoms with Gasteiger partial charge in [0.15, 0.2) is 0 Å². The number of aryl methyl sites for hydroxylation is 1. The van der Waals surface area contributed by atoms with Gasteiger partial charge in [0.2, 0.25) is 0 Å². The van der Waals surface area contributed by atoms with Gasteiger partial charge in [0.25, 0.3) is 0 Å². The molecule has 0 aromatic heterocycles. The first-order valence-corrected chi connectivity index (χ1v) is 4.43. The highest BCUT2D eigenvalue weighted by molar-refractivity contribution is 6.33. The maximum absolute atomic E-state index is 5.92. The second-order valence-corrected chi connectivity index (χ2v) is 3.33. The molecule has 0 bridgehead atoms. The van der Waals surface area contributed by atoms with Crippen molar-refractivity contribution >= 4 is 23.2 Å². The maximum atomic E-state index is 5.92. The van der Waals surface area contributed by atoms with E-state index < -0.39 is 0 Å². The molecule has 0 atom stereocenters. The van der Waals surface area contributed by atoms with Gasteiger partial charge in [-0.15, -0.1) is 0 Å². The molecular formula is C9H13Cl2N. The molecule has 1 aromatic rings. The van der Waals surface area contributed by atoms with E-state index in [1.807, 2.05) is 18.2 Å². The Balaban J connectivity index is 0.00000121. The van der Waals surface area contributed by atoms with Crippen LogP contribution in [0.3, 0.4) is 0 Å². The first kappa shape index (κ1) is 11.8. The van der Waals surface area contributed by atoms with Gasteiger partial charge >= 0.3 is 0 Å². The molecule has 1 aromatic carbocycles. The van der Waals surface area contributed by atoms with Crippen LogP contribution in [0.4, 0.5) is 0 Å². The summed E-state index contributed by atoms with van der Waals surface area (Å²) in [5.74, 6) is 0. The van der Waals surface area contributed by atoms with Crippen molar-refractivity contribution < 1.29 is 0 Å². The minimum absolute atomic E-state index is 0. The monoisotopic (exact) mass is 205 g/mol. The van der Waals surface area contributed by atoms with E-state index in [0.717, 1.165) is 28.5 Å². The van der Waals surface area contributed by atoms with E-state index in [0.29, 0.717) is 0 Å². The fourth-order valence-electron chi connectivity index (χ4n) is 1.00. The molecule has 0 fully saturated rings. The topological polar surface area (TPSA) is 35.0 Å². The highest BCUT2D eigenvalue weighted by Crippen LogP contribution is 2.21. The molecule has 3 heteroatoms. The Kier molecular flexibility index (Phi) is 5.31. The van der Waals surface area contributed by atoms with E-state index in [-0.39, 0.29) is 6.15 Å². The van der Waals surface area contributed by atoms with E-state index >= 15 is 0 Å². The van der Waals surface area contributed by atoms with Crippen molar-refractivity contribution in [2.24, 2.45) is 0 Å². The second-order valence-electron chi connectivity index (χ2n) is 2.49. The molecular weight excluding hydrogens is 193 g/mol. The Bertz CT molecular complexity index is 248. The van der Waals surface area contributed by atoms with E-state index in [9.17, 15) is 0 Å². The zero-order chi connectivity index (χ0) is 8.27. The first-order valence-electron chi connectivity index (χ1n) is 3.68. The standard InChI is InChI=1S/C9H10Cl2.H3N/c1-2-3-7-6-8(10)4-5-9(7)11;/h4-6H,2-3H2,1H3;1H3. The number of hydrogen-bond donors (Lipinski definition) is 1. The fraction of sp³-hybridized carbons (Fsp3) is 0.333. The number of hydrogen-bond acceptors (Lipinski definition) is 1. The Morgan fingerprint density at radius 3 is 2.50 bits per heavy atom. The Hall–Kier alpha value is -0.240. The van der Waals surface area contributed by atoms with E-state index in [2.05, 4.69) is 6.92 Å². The summed E-state index contributed by atoms with van der Waals surface area (Å²) in [5, 5.41) is 1.58. The van der Waals surface area contributed by atoms with Crippen LogP contribution in [0.1, 0.15) is 18.9 Å². The summed E-state index contributed by atoms with van der Waals surface area (Å²) >= 11 is 11.7. The lowest BCUT2D eigenvalue weighted by atomic mass is 10.1. The van der Waals surface area contributed by atoms with Gasteiger partial charge in [-0.25, -0.2) is 0 Å². The van der Waals surface area contributed by atoms with Crippen molar-refractivity contribution in [1.82, 2.24) is 6.15 Å². The van der Waals surface area contributed by atoms with Gasteiger partial charge in [0.1, 0.15) is 0 Å². The normalized spacial score (nSPS) is 9.25. The van der Waals surface area contributed by atoms with Crippen LogP contribution in [0.15, 0.2) is 18.2 Å². The van der Waals surface area contributed by atoms with Crippen molar-refractivity contribution in [2.45, 2.75) is 19.8 Å².